The molecule has 2 heterocycles. The fraction of sp³-hybridized carbons (Fsp3) is 0.440. The normalized spacial score (nSPS) is 14.1. The zero-order valence-corrected chi connectivity index (χ0v) is 20.6. The van der Waals surface area contributed by atoms with Gasteiger partial charge in [-0.1, -0.05) is 38.4 Å². The van der Waals surface area contributed by atoms with Crippen LogP contribution in [0.5, 0.6) is 0 Å². The summed E-state index contributed by atoms with van der Waals surface area (Å²) in [5, 5.41) is 10.1. The molecule has 1 aliphatic heterocycles. The van der Waals surface area contributed by atoms with Gasteiger partial charge in [0.15, 0.2) is 0 Å². The lowest BCUT2D eigenvalue weighted by atomic mass is 9.88. The van der Waals surface area contributed by atoms with E-state index in [1.54, 1.807) is 44.6 Å². The molecule has 0 radical (unpaired) electrons. The van der Waals surface area contributed by atoms with Crippen molar-refractivity contribution < 1.29 is 9.59 Å². The van der Waals surface area contributed by atoms with Crippen molar-refractivity contribution in [2.45, 2.75) is 27.2 Å². The number of piperazine rings is 1. The van der Waals surface area contributed by atoms with Crippen LogP contribution in [0.15, 0.2) is 30.5 Å². The number of carbonyl (C=O) groups excluding carboxylic acids is 2. The third-order valence-electron chi connectivity index (χ3n) is 6.26. The number of amides is 2. The van der Waals surface area contributed by atoms with Gasteiger partial charge in [0.05, 0.1) is 16.1 Å². The minimum atomic E-state index is -0.367. The van der Waals surface area contributed by atoms with Crippen molar-refractivity contribution in [3.63, 3.8) is 0 Å². The fourth-order valence-electron chi connectivity index (χ4n) is 3.76. The zero-order chi connectivity index (χ0) is 24.3. The average Bonchev–Trinajstić information content (AvgIpc) is 2.82. The zero-order valence-electron chi connectivity index (χ0n) is 19.9. The lowest BCUT2D eigenvalue weighted by Crippen LogP contribution is -2.52. The van der Waals surface area contributed by atoms with Crippen molar-refractivity contribution in [2.24, 2.45) is 5.41 Å². The number of halogens is 1. The summed E-state index contributed by atoms with van der Waals surface area (Å²) in [6.45, 7) is 8.44. The molecule has 174 valence electrons. The highest BCUT2D eigenvalue weighted by Crippen LogP contribution is 2.30. The molecule has 1 fully saturated rings. The van der Waals surface area contributed by atoms with E-state index in [-0.39, 0.29) is 17.2 Å². The molecule has 0 aliphatic carbocycles. The van der Waals surface area contributed by atoms with E-state index < -0.39 is 0 Å². The van der Waals surface area contributed by atoms with Crippen LogP contribution in [0.2, 0.25) is 5.02 Å². The van der Waals surface area contributed by atoms with Gasteiger partial charge in [0.1, 0.15) is 11.9 Å². The Morgan fingerprint density at radius 2 is 1.82 bits per heavy atom. The predicted molar refractivity (Wildman–Crippen MR) is 130 cm³/mol. The second-order valence-electron chi connectivity index (χ2n) is 9.12. The third-order valence-corrected chi connectivity index (χ3v) is 6.57. The van der Waals surface area contributed by atoms with Gasteiger partial charge in [0.2, 0.25) is 5.91 Å². The molecule has 0 spiro atoms. The molecular formula is C25H30ClN5O2. The Labute approximate surface area is 200 Å². The van der Waals surface area contributed by atoms with Crippen LogP contribution in [0.4, 0.5) is 5.82 Å². The third kappa shape index (κ3) is 5.12. The summed E-state index contributed by atoms with van der Waals surface area (Å²) in [6, 6.07) is 9.25. The smallest absolute Gasteiger partial charge is 0.254 e. The van der Waals surface area contributed by atoms with Crippen molar-refractivity contribution in [1.82, 2.24) is 14.8 Å². The molecule has 2 aromatic rings. The first-order valence-electron chi connectivity index (χ1n) is 11.0. The van der Waals surface area contributed by atoms with E-state index in [1.165, 1.54) is 4.90 Å². The molecule has 33 heavy (non-hydrogen) atoms. The maximum atomic E-state index is 12.8. The lowest BCUT2D eigenvalue weighted by Gasteiger charge is -2.39. The molecule has 8 heteroatoms. The van der Waals surface area contributed by atoms with Crippen LogP contribution in [-0.4, -0.2) is 66.9 Å². The molecule has 3 rings (SSSR count). The van der Waals surface area contributed by atoms with Crippen LogP contribution in [0.3, 0.4) is 0 Å². The van der Waals surface area contributed by atoms with Gasteiger partial charge in [-0.15, -0.1) is 0 Å². The van der Waals surface area contributed by atoms with Crippen LogP contribution in [0.1, 0.15) is 43.1 Å². The van der Waals surface area contributed by atoms with E-state index in [0.717, 1.165) is 17.5 Å². The average molecular weight is 468 g/mol. The maximum absolute atomic E-state index is 12.8. The fourth-order valence-corrected chi connectivity index (χ4v) is 4.02. The second-order valence-corrected chi connectivity index (χ2v) is 9.53. The van der Waals surface area contributed by atoms with Gasteiger partial charge in [-0.3, -0.25) is 9.59 Å². The monoisotopic (exact) mass is 467 g/mol. The molecule has 1 saturated heterocycles. The molecule has 1 aromatic carbocycles. The van der Waals surface area contributed by atoms with Gasteiger partial charge < -0.3 is 14.7 Å². The summed E-state index contributed by atoms with van der Waals surface area (Å²) in [6.07, 6.45) is 2.51. The van der Waals surface area contributed by atoms with Crippen LogP contribution >= 0.6 is 11.6 Å². The standard InChI is InChI=1S/C25H30ClN5O2/c1-6-25(2,3)24(33)31-11-9-30(10-12-31)22-18(15-27)13-19(16-28-22)17-7-8-20(21(26)14-17)23(32)29(4)5/h7-8,13-14,16H,6,9-12H2,1-5H3. The number of hydrogen-bond acceptors (Lipinski definition) is 5. The van der Waals surface area contributed by atoms with Crippen molar-refractivity contribution in [1.29, 1.82) is 5.26 Å². The van der Waals surface area contributed by atoms with Gasteiger partial charge >= 0.3 is 0 Å². The number of hydrogen-bond donors (Lipinski definition) is 0. The molecule has 1 aromatic heterocycles. The highest BCUT2D eigenvalue weighted by molar-refractivity contribution is 6.34. The van der Waals surface area contributed by atoms with Crippen molar-refractivity contribution in [2.75, 3.05) is 45.2 Å². The number of nitrogens with zero attached hydrogens (tertiary/aromatic N) is 5. The Hall–Kier alpha value is -3.11. The van der Waals surface area contributed by atoms with E-state index >= 15 is 0 Å². The Balaban J connectivity index is 1.79. The van der Waals surface area contributed by atoms with E-state index in [4.69, 9.17) is 11.6 Å². The van der Waals surface area contributed by atoms with Crippen molar-refractivity contribution in [3.8, 4) is 17.2 Å². The summed E-state index contributed by atoms with van der Waals surface area (Å²) < 4.78 is 0. The highest BCUT2D eigenvalue weighted by Gasteiger charge is 2.32. The number of pyridine rings is 1. The second kappa shape index (κ2) is 9.80. The number of rotatable bonds is 5. The van der Waals surface area contributed by atoms with Crippen LogP contribution < -0.4 is 4.90 Å². The van der Waals surface area contributed by atoms with Crippen LogP contribution in [0, 0.1) is 16.7 Å². The van der Waals surface area contributed by atoms with E-state index in [1.807, 2.05) is 25.7 Å². The quantitative estimate of drug-likeness (QED) is 0.662. The first-order valence-corrected chi connectivity index (χ1v) is 11.4. The molecule has 0 atom stereocenters. The summed E-state index contributed by atoms with van der Waals surface area (Å²) >= 11 is 6.35. The molecule has 0 N–H and O–H groups in total. The minimum Gasteiger partial charge on any atom is -0.352 e. The highest BCUT2D eigenvalue weighted by atomic mass is 35.5. The minimum absolute atomic E-state index is 0.168. The summed E-state index contributed by atoms with van der Waals surface area (Å²) in [7, 11) is 3.35. The number of benzene rings is 1. The number of carbonyl (C=O) groups is 2. The summed E-state index contributed by atoms with van der Waals surface area (Å²) in [5.74, 6) is 0.618. The van der Waals surface area contributed by atoms with Crippen molar-refractivity contribution >= 4 is 29.2 Å². The summed E-state index contributed by atoms with van der Waals surface area (Å²) in [5.41, 5.74) is 2.05. The first-order chi connectivity index (χ1) is 15.6. The predicted octanol–water partition coefficient (Wildman–Crippen LogP) is 4.06. The Bertz CT molecular complexity index is 1100. The van der Waals surface area contributed by atoms with Gasteiger partial charge in [0.25, 0.3) is 5.91 Å². The van der Waals surface area contributed by atoms with E-state index in [0.29, 0.717) is 48.1 Å². The van der Waals surface area contributed by atoms with Gasteiger partial charge in [-0.25, -0.2) is 4.98 Å². The Kier molecular flexibility index (Phi) is 7.28. The topological polar surface area (TPSA) is 80.5 Å². The molecular weight excluding hydrogens is 438 g/mol. The SMILES string of the molecule is CCC(C)(C)C(=O)N1CCN(c2ncc(-c3ccc(C(=O)N(C)C)c(Cl)c3)cc2C#N)CC1. The van der Waals surface area contributed by atoms with Crippen LogP contribution in [-0.2, 0) is 4.79 Å². The number of nitriles is 1. The van der Waals surface area contributed by atoms with E-state index in [2.05, 4.69) is 16.0 Å². The number of anilines is 1. The van der Waals surface area contributed by atoms with Gasteiger partial charge in [-0.05, 0) is 30.2 Å². The van der Waals surface area contributed by atoms with E-state index in [9.17, 15) is 14.9 Å². The van der Waals surface area contributed by atoms with Crippen LogP contribution in [0.25, 0.3) is 11.1 Å². The molecule has 0 bridgehead atoms. The molecule has 0 saturated carbocycles. The Morgan fingerprint density at radius 3 is 2.36 bits per heavy atom. The largest absolute Gasteiger partial charge is 0.352 e. The Morgan fingerprint density at radius 1 is 1.15 bits per heavy atom. The van der Waals surface area contributed by atoms with Gasteiger partial charge in [0, 0.05) is 57.4 Å². The molecule has 0 unspecified atom stereocenters. The lowest BCUT2D eigenvalue weighted by molar-refractivity contribution is -0.140. The molecule has 2 amide bonds. The first kappa shape index (κ1) is 24.5. The van der Waals surface area contributed by atoms with Gasteiger partial charge in [-0.2, -0.15) is 5.26 Å². The molecule has 7 nitrogen and oxygen atoms in total. The molecule has 1 aliphatic rings. The number of aromatic nitrogens is 1. The van der Waals surface area contributed by atoms with Crippen molar-refractivity contribution in [3.05, 3.63) is 46.6 Å². The summed E-state index contributed by atoms with van der Waals surface area (Å²) in [4.78, 5) is 35.0. The maximum Gasteiger partial charge on any atom is 0.254 e.